The standard InChI is InChI=1S/C17H23N3O4S/c1-24-16-5-2-11(6-15(16)20(22)23)9-25-10-17(21)19-7-12-3-4-14(18)13(12)8-19/h2,5-6,12-14H,3-4,7-10,18H2,1H3. The van der Waals surface area contributed by atoms with Crippen LogP contribution in [0.25, 0.3) is 0 Å². The van der Waals surface area contributed by atoms with Gasteiger partial charge >= 0.3 is 5.69 Å². The predicted octanol–water partition coefficient (Wildman–Crippen LogP) is 2.03. The third kappa shape index (κ3) is 3.90. The summed E-state index contributed by atoms with van der Waals surface area (Å²) in [5.41, 5.74) is 6.88. The molecule has 0 bridgehead atoms. The molecule has 1 heterocycles. The Morgan fingerprint density at radius 2 is 2.24 bits per heavy atom. The van der Waals surface area contributed by atoms with E-state index in [-0.39, 0.29) is 23.4 Å². The zero-order valence-electron chi connectivity index (χ0n) is 14.2. The zero-order valence-corrected chi connectivity index (χ0v) is 15.0. The summed E-state index contributed by atoms with van der Waals surface area (Å²) in [7, 11) is 1.41. The van der Waals surface area contributed by atoms with Crippen LogP contribution in [0.3, 0.4) is 0 Å². The van der Waals surface area contributed by atoms with Crippen molar-refractivity contribution in [3.05, 3.63) is 33.9 Å². The van der Waals surface area contributed by atoms with Crippen molar-refractivity contribution < 1.29 is 14.5 Å². The van der Waals surface area contributed by atoms with Crippen molar-refractivity contribution in [1.29, 1.82) is 0 Å². The van der Waals surface area contributed by atoms with Crippen LogP contribution in [0.2, 0.25) is 0 Å². The molecule has 0 radical (unpaired) electrons. The molecule has 2 fully saturated rings. The smallest absolute Gasteiger partial charge is 0.311 e. The molecule has 25 heavy (non-hydrogen) atoms. The fourth-order valence-corrected chi connectivity index (χ4v) is 4.70. The number of nitro groups is 1. The number of carbonyl (C=O) groups excluding carboxylic acids is 1. The van der Waals surface area contributed by atoms with Gasteiger partial charge in [-0.1, -0.05) is 6.07 Å². The molecule has 136 valence electrons. The molecule has 0 aromatic heterocycles. The maximum absolute atomic E-state index is 12.4. The normalized spacial score (nSPS) is 25.0. The number of carbonyl (C=O) groups is 1. The Morgan fingerprint density at radius 3 is 2.92 bits per heavy atom. The number of rotatable bonds is 6. The summed E-state index contributed by atoms with van der Waals surface area (Å²) >= 11 is 1.48. The van der Waals surface area contributed by atoms with Crippen molar-refractivity contribution in [1.82, 2.24) is 4.90 Å². The number of amides is 1. The number of hydrogen-bond acceptors (Lipinski definition) is 6. The maximum Gasteiger partial charge on any atom is 0.311 e. The van der Waals surface area contributed by atoms with Gasteiger partial charge in [-0.25, -0.2) is 0 Å². The fraction of sp³-hybridized carbons (Fsp3) is 0.588. The third-order valence-corrected chi connectivity index (χ3v) is 6.19. The van der Waals surface area contributed by atoms with E-state index in [0.717, 1.165) is 31.5 Å². The third-order valence-electron chi connectivity index (χ3n) is 5.20. The van der Waals surface area contributed by atoms with Crippen LogP contribution in [-0.2, 0) is 10.5 Å². The number of methoxy groups -OCH3 is 1. The molecule has 2 N–H and O–H groups in total. The molecule has 8 heteroatoms. The second kappa shape index (κ2) is 7.61. The second-order valence-electron chi connectivity index (χ2n) is 6.72. The minimum atomic E-state index is -0.454. The molecule has 1 aliphatic heterocycles. The van der Waals surface area contributed by atoms with Crippen molar-refractivity contribution >= 4 is 23.4 Å². The Labute approximate surface area is 151 Å². The first kappa shape index (κ1) is 18.0. The number of nitro benzene ring substituents is 1. The van der Waals surface area contributed by atoms with Crippen molar-refractivity contribution in [3.63, 3.8) is 0 Å². The SMILES string of the molecule is COc1ccc(CSCC(=O)N2CC3CCC(N)C3C2)cc1[N+](=O)[O-]. The average Bonchev–Trinajstić information content (AvgIpc) is 3.17. The van der Waals surface area contributed by atoms with Gasteiger partial charge in [-0.3, -0.25) is 14.9 Å². The van der Waals surface area contributed by atoms with Crippen LogP contribution in [0.4, 0.5) is 5.69 Å². The molecule has 3 atom stereocenters. The van der Waals surface area contributed by atoms with E-state index in [9.17, 15) is 14.9 Å². The molecule has 1 aromatic carbocycles. The quantitative estimate of drug-likeness (QED) is 0.612. The van der Waals surface area contributed by atoms with E-state index in [2.05, 4.69) is 0 Å². The van der Waals surface area contributed by atoms with Crippen LogP contribution >= 0.6 is 11.8 Å². The van der Waals surface area contributed by atoms with E-state index >= 15 is 0 Å². The first-order valence-corrected chi connectivity index (χ1v) is 9.57. The molecule has 3 rings (SSSR count). The van der Waals surface area contributed by atoms with Gasteiger partial charge in [-0.05, 0) is 36.3 Å². The van der Waals surface area contributed by atoms with Gasteiger partial charge < -0.3 is 15.4 Å². The summed E-state index contributed by atoms with van der Waals surface area (Å²) < 4.78 is 5.00. The largest absolute Gasteiger partial charge is 0.490 e. The number of hydrogen-bond donors (Lipinski definition) is 1. The maximum atomic E-state index is 12.4. The number of fused-ring (bicyclic) bond motifs is 1. The van der Waals surface area contributed by atoms with Crippen molar-refractivity contribution in [2.45, 2.75) is 24.6 Å². The Kier molecular flexibility index (Phi) is 5.48. The lowest BCUT2D eigenvalue weighted by molar-refractivity contribution is -0.385. The van der Waals surface area contributed by atoms with Crippen LogP contribution in [0, 0.1) is 22.0 Å². The van der Waals surface area contributed by atoms with Gasteiger partial charge in [-0.2, -0.15) is 0 Å². The van der Waals surface area contributed by atoms with E-state index in [4.69, 9.17) is 10.5 Å². The molecular weight excluding hydrogens is 342 g/mol. The predicted molar refractivity (Wildman–Crippen MR) is 96.6 cm³/mol. The first-order valence-electron chi connectivity index (χ1n) is 8.42. The molecule has 0 spiro atoms. The number of nitrogens with zero attached hydrogens (tertiary/aromatic N) is 2. The Balaban J connectivity index is 1.51. The van der Waals surface area contributed by atoms with Gasteiger partial charge in [-0.15, -0.1) is 11.8 Å². The van der Waals surface area contributed by atoms with Crippen LogP contribution in [0.5, 0.6) is 5.75 Å². The molecule has 2 aliphatic rings. The fourth-order valence-electron chi connectivity index (χ4n) is 3.83. The minimum Gasteiger partial charge on any atom is -0.490 e. The molecule has 1 saturated heterocycles. The van der Waals surface area contributed by atoms with Gasteiger partial charge in [0, 0.05) is 31.0 Å². The summed E-state index contributed by atoms with van der Waals surface area (Å²) in [4.78, 5) is 24.9. The Hall–Kier alpha value is -1.80. The summed E-state index contributed by atoms with van der Waals surface area (Å²) in [5, 5.41) is 11.1. The van der Waals surface area contributed by atoms with Crippen LogP contribution in [0.1, 0.15) is 18.4 Å². The summed E-state index contributed by atoms with van der Waals surface area (Å²) in [6.45, 7) is 1.60. The molecule has 1 aliphatic carbocycles. The second-order valence-corrected chi connectivity index (χ2v) is 7.71. The average molecular weight is 365 g/mol. The van der Waals surface area contributed by atoms with Crippen molar-refractivity contribution in [2.75, 3.05) is 26.0 Å². The first-order chi connectivity index (χ1) is 12.0. The van der Waals surface area contributed by atoms with Crippen molar-refractivity contribution in [2.24, 2.45) is 17.6 Å². The summed E-state index contributed by atoms with van der Waals surface area (Å²) in [5.74, 6) is 2.33. The monoisotopic (exact) mass is 365 g/mol. The van der Waals surface area contributed by atoms with Crippen molar-refractivity contribution in [3.8, 4) is 5.75 Å². The number of thioether (sulfide) groups is 1. The summed E-state index contributed by atoms with van der Waals surface area (Å²) in [6.07, 6.45) is 2.20. The van der Waals surface area contributed by atoms with Crippen LogP contribution in [0.15, 0.2) is 18.2 Å². The Bertz CT molecular complexity index is 669. The highest BCUT2D eigenvalue weighted by molar-refractivity contribution is 7.99. The van der Waals surface area contributed by atoms with E-state index in [1.807, 2.05) is 4.90 Å². The zero-order chi connectivity index (χ0) is 18.0. The highest BCUT2D eigenvalue weighted by Gasteiger charge is 2.42. The molecule has 7 nitrogen and oxygen atoms in total. The lowest BCUT2D eigenvalue weighted by atomic mass is 9.98. The van der Waals surface area contributed by atoms with Gasteiger partial charge in [0.1, 0.15) is 0 Å². The minimum absolute atomic E-state index is 0.0479. The highest BCUT2D eigenvalue weighted by Crippen LogP contribution is 2.37. The molecule has 1 amide bonds. The molecule has 1 saturated carbocycles. The van der Waals surface area contributed by atoms with Crippen LogP contribution < -0.4 is 10.5 Å². The summed E-state index contributed by atoms with van der Waals surface area (Å²) in [6, 6.07) is 5.13. The van der Waals surface area contributed by atoms with E-state index in [1.165, 1.54) is 24.9 Å². The lowest BCUT2D eigenvalue weighted by Gasteiger charge is -2.18. The molecule has 3 unspecified atom stereocenters. The van der Waals surface area contributed by atoms with Gasteiger partial charge in [0.2, 0.25) is 5.91 Å². The van der Waals surface area contributed by atoms with E-state index in [0.29, 0.717) is 23.3 Å². The van der Waals surface area contributed by atoms with Gasteiger partial charge in [0.15, 0.2) is 5.75 Å². The van der Waals surface area contributed by atoms with Gasteiger partial charge in [0.25, 0.3) is 0 Å². The van der Waals surface area contributed by atoms with Crippen LogP contribution in [-0.4, -0.2) is 47.7 Å². The number of ether oxygens (including phenoxy) is 1. The van der Waals surface area contributed by atoms with E-state index < -0.39 is 4.92 Å². The number of likely N-dealkylation sites (tertiary alicyclic amines) is 1. The van der Waals surface area contributed by atoms with E-state index in [1.54, 1.807) is 12.1 Å². The molecule has 1 aromatic rings. The number of nitrogens with two attached hydrogens (primary N) is 1. The lowest BCUT2D eigenvalue weighted by Crippen LogP contribution is -2.34. The molecular formula is C17H23N3O4S. The Morgan fingerprint density at radius 1 is 1.44 bits per heavy atom. The van der Waals surface area contributed by atoms with Gasteiger partial charge in [0.05, 0.1) is 17.8 Å². The highest BCUT2D eigenvalue weighted by atomic mass is 32.2. The number of benzene rings is 1. The topological polar surface area (TPSA) is 98.7 Å².